The van der Waals surface area contributed by atoms with Crippen molar-refractivity contribution < 1.29 is 0 Å². The Morgan fingerprint density at radius 2 is 2.21 bits per heavy atom. The van der Waals surface area contributed by atoms with Crippen LogP contribution in [0.25, 0.3) is 0 Å². The number of rotatable bonds is 2. The van der Waals surface area contributed by atoms with E-state index in [1.807, 2.05) is 6.07 Å². The lowest BCUT2D eigenvalue weighted by atomic mass is 10.2. The van der Waals surface area contributed by atoms with Crippen molar-refractivity contribution in [3.63, 3.8) is 0 Å². The Balaban J connectivity index is 1.99. The fraction of sp³-hybridized carbons (Fsp3) is 0.455. The number of thioether (sulfide) groups is 1. The molecule has 3 heteroatoms. The summed E-state index contributed by atoms with van der Waals surface area (Å²) in [7, 11) is 0. The predicted octanol–water partition coefficient (Wildman–Crippen LogP) is 3.76. The molecule has 0 saturated carbocycles. The maximum atomic E-state index is 3.58. The van der Waals surface area contributed by atoms with Crippen molar-refractivity contribution in [2.45, 2.75) is 18.9 Å². The molecule has 1 aromatic rings. The van der Waals surface area contributed by atoms with E-state index in [1.54, 1.807) is 0 Å². The Morgan fingerprint density at radius 3 is 2.93 bits per heavy atom. The summed E-state index contributed by atoms with van der Waals surface area (Å²) in [6.45, 7) is 0. The van der Waals surface area contributed by atoms with Gasteiger partial charge in [0.2, 0.25) is 0 Å². The lowest BCUT2D eigenvalue weighted by molar-refractivity contribution is 0.685. The molecule has 1 aliphatic heterocycles. The van der Waals surface area contributed by atoms with Gasteiger partial charge >= 0.3 is 0 Å². The molecule has 1 nitrogen and oxygen atoms in total. The second-order valence-electron chi connectivity index (χ2n) is 3.54. The fourth-order valence-electron chi connectivity index (χ4n) is 1.65. The van der Waals surface area contributed by atoms with Crippen molar-refractivity contribution in [3.8, 4) is 0 Å². The summed E-state index contributed by atoms with van der Waals surface area (Å²) in [5, 5.41) is 3.58. The maximum Gasteiger partial charge on any atom is 0.0487 e. The molecule has 0 amide bonds. The average molecular weight is 272 g/mol. The number of halogens is 1. The molecule has 0 aromatic heterocycles. The third-order valence-corrected chi connectivity index (χ3v) is 4.30. The van der Waals surface area contributed by atoms with Gasteiger partial charge in [0.15, 0.2) is 0 Å². The van der Waals surface area contributed by atoms with Gasteiger partial charge < -0.3 is 5.32 Å². The quantitative estimate of drug-likeness (QED) is 0.879. The molecule has 0 radical (unpaired) electrons. The second kappa shape index (κ2) is 5.08. The molecular weight excluding hydrogens is 258 g/mol. The molecule has 0 unspecified atom stereocenters. The normalized spacial score (nSPS) is 21.9. The van der Waals surface area contributed by atoms with Crippen LogP contribution in [0, 0.1) is 0 Å². The largest absolute Gasteiger partial charge is 0.381 e. The smallest absolute Gasteiger partial charge is 0.0487 e. The van der Waals surface area contributed by atoms with Gasteiger partial charge in [-0.1, -0.05) is 12.1 Å². The van der Waals surface area contributed by atoms with Crippen molar-refractivity contribution in [2.75, 3.05) is 16.8 Å². The highest BCUT2D eigenvalue weighted by Crippen LogP contribution is 2.25. The van der Waals surface area contributed by atoms with Gasteiger partial charge in [0.25, 0.3) is 0 Å². The second-order valence-corrected chi connectivity index (χ2v) is 5.54. The van der Waals surface area contributed by atoms with Crippen LogP contribution in [0.1, 0.15) is 12.8 Å². The summed E-state index contributed by atoms with van der Waals surface area (Å²) >= 11 is 5.60. The van der Waals surface area contributed by atoms with Gasteiger partial charge in [0, 0.05) is 22.0 Å². The van der Waals surface area contributed by atoms with Gasteiger partial charge in [0.05, 0.1) is 0 Å². The summed E-state index contributed by atoms with van der Waals surface area (Å²) in [4.78, 5) is 0. The topological polar surface area (TPSA) is 12.0 Å². The SMILES string of the molecule is Brc1ccccc1N[C@@H]1CCCSC1. The molecular formula is C11H14BrNS. The zero-order valence-corrected chi connectivity index (χ0v) is 10.4. The van der Waals surface area contributed by atoms with Crippen LogP contribution >= 0.6 is 27.7 Å². The zero-order valence-electron chi connectivity index (χ0n) is 8.00. The summed E-state index contributed by atoms with van der Waals surface area (Å²) in [5.74, 6) is 2.56. The molecule has 14 heavy (non-hydrogen) atoms. The first-order valence-corrected chi connectivity index (χ1v) is 6.90. The first kappa shape index (κ1) is 10.4. The van der Waals surface area contributed by atoms with Crippen molar-refractivity contribution in [2.24, 2.45) is 0 Å². The molecule has 1 fully saturated rings. The van der Waals surface area contributed by atoms with Crippen LogP contribution in [0.2, 0.25) is 0 Å². The molecule has 2 rings (SSSR count). The van der Waals surface area contributed by atoms with Gasteiger partial charge in [-0.3, -0.25) is 0 Å². The number of para-hydroxylation sites is 1. The van der Waals surface area contributed by atoms with Crippen molar-refractivity contribution in [1.29, 1.82) is 0 Å². The molecule has 1 heterocycles. The molecule has 0 spiro atoms. The van der Waals surface area contributed by atoms with E-state index in [0.717, 1.165) is 4.47 Å². The van der Waals surface area contributed by atoms with Gasteiger partial charge in [-0.15, -0.1) is 0 Å². The fourth-order valence-corrected chi connectivity index (χ4v) is 3.12. The summed E-state index contributed by atoms with van der Waals surface area (Å²) < 4.78 is 1.16. The zero-order chi connectivity index (χ0) is 9.80. The molecule has 1 aromatic carbocycles. The minimum absolute atomic E-state index is 0.646. The van der Waals surface area contributed by atoms with E-state index in [9.17, 15) is 0 Å². The molecule has 76 valence electrons. The van der Waals surface area contributed by atoms with Gasteiger partial charge in [0.1, 0.15) is 0 Å². The summed E-state index contributed by atoms with van der Waals surface area (Å²) in [6.07, 6.45) is 2.64. The third kappa shape index (κ3) is 2.67. The first-order chi connectivity index (χ1) is 6.86. The highest BCUT2D eigenvalue weighted by atomic mass is 79.9. The molecule has 1 saturated heterocycles. The standard InChI is InChI=1S/C11H14BrNS/c12-10-5-1-2-6-11(10)13-9-4-3-7-14-8-9/h1-2,5-6,9,13H,3-4,7-8H2/t9-/m1/s1. The van der Waals surface area contributed by atoms with E-state index in [-0.39, 0.29) is 0 Å². The maximum absolute atomic E-state index is 3.58. The Morgan fingerprint density at radius 1 is 1.36 bits per heavy atom. The van der Waals surface area contributed by atoms with E-state index in [4.69, 9.17) is 0 Å². The lowest BCUT2D eigenvalue weighted by Gasteiger charge is -2.24. The number of hydrogen-bond acceptors (Lipinski definition) is 2. The predicted molar refractivity (Wildman–Crippen MR) is 68.1 cm³/mol. The number of hydrogen-bond donors (Lipinski definition) is 1. The summed E-state index contributed by atoms with van der Waals surface area (Å²) in [6, 6.07) is 8.97. The van der Waals surface area contributed by atoms with Crippen molar-refractivity contribution in [1.82, 2.24) is 0 Å². The van der Waals surface area contributed by atoms with Crippen LogP contribution in [0.3, 0.4) is 0 Å². The van der Waals surface area contributed by atoms with Crippen LogP contribution < -0.4 is 5.32 Å². The van der Waals surface area contributed by atoms with Crippen LogP contribution in [-0.4, -0.2) is 17.5 Å². The average Bonchev–Trinajstić information content (AvgIpc) is 2.23. The van der Waals surface area contributed by atoms with Gasteiger partial charge in [-0.2, -0.15) is 11.8 Å². The van der Waals surface area contributed by atoms with E-state index in [0.29, 0.717) is 6.04 Å². The lowest BCUT2D eigenvalue weighted by Crippen LogP contribution is -2.25. The van der Waals surface area contributed by atoms with Crippen molar-refractivity contribution in [3.05, 3.63) is 28.7 Å². The molecule has 1 aliphatic rings. The Bertz CT molecular complexity index is 297. The monoisotopic (exact) mass is 271 g/mol. The van der Waals surface area contributed by atoms with Crippen LogP contribution in [0.5, 0.6) is 0 Å². The van der Waals surface area contributed by atoms with Gasteiger partial charge in [-0.25, -0.2) is 0 Å². The third-order valence-electron chi connectivity index (χ3n) is 2.39. The van der Waals surface area contributed by atoms with Crippen LogP contribution in [-0.2, 0) is 0 Å². The van der Waals surface area contributed by atoms with Crippen LogP contribution in [0.4, 0.5) is 5.69 Å². The first-order valence-electron chi connectivity index (χ1n) is 4.95. The molecule has 0 aliphatic carbocycles. The van der Waals surface area contributed by atoms with Crippen molar-refractivity contribution >= 4 is 33.4 Å². The van der Waals surface area contributed by atoms with E-state index in [2.05, 4.69) is 51.2 Å². The highest BCUT2D eigenvalue weighted by molar-refractivity contribution is 9.10. The summed E-state index contributed by atoms with van der Waals surface area (Å²) in [5.41, 5.74) is 1.22. The minimum atomic E-state index is 0.646. The van der Waals surface area contributed by atoms with Crippen LogP contribution in [0.15, 0.2) is 28.7 Å². The molecule has 1 N–H and O–H groups in total. The molecule has 0 bridgehead atoms. The van der Waals surface area contributed by atoms with E-state index in [1.165, 1.54) is 30.0 Å². The number of benzene rings is 1. The Labute approximate surface area is 97.8 Å². The Hall–Kier alpha value is -0.150. The van der Waals surface area contributed by atoms with E-state index < -0.39 is 0 Å². The minimum Gasteiger partial charge on any atom is -0.381 e. The Kier molecular flexibility index (Phi) is 3.76. The number of nitrogens with one attached hydrogen (secondary N) is 1. The number of anilines is 1. The van der Waals surface area contributed by atoms with Gasteiger partial charge in [-0.05, 0) is 46.7 Å². The van der Waals surface area contributed by atoms with E-state index >= 15 is 0 Å². The highest BCUT2D eigenvalue weighted by Gasteiger charge is 2.13. The molecule has 1 atom stereocenters.